The number of rotatable bonds is 4. The summed E-state index contributed by atoms with van der Waals surface area (Å²) in [6.45, 7) is 4.63. The number of hydrogen-bond acceptors (Lipinski definition) is 3. The van der Waals surface area contributed by atoms with Crippen LogP contribution in [0.2, 0.25) is 0 Å². The summed E-state index contributed by atoms with van der Waals surface area (Å²) >= 11 is 1.62. The molecule has 0 radical (unpaired) electrons. The van der Waals surface area contributed by atoms with Crippen LogP contribution in [0.25, 0.3) is 0 Å². The fraction of sp³-hybridized carbons (Fsp3) is 0.286. The fourth-order valence-electron chi connectivity index (χ4n) is 1.71. The van der Waals surface area contributed by atoms with E-state index in [9.17, 15) is 5.11 Å². The van der Waals surface area contributed by atoms with Gasteiger partial charge in [-0.15, -0.1) is 11.3 Å². The highest BCUT2D eigenvalue weighted by molar-refractivity contribution is 7.12. The van der Waals surface area contributed by atoms with Crippen molar-refractivity contribution in [2.24, 2.45) is 0 Å². The molecule has 2 aromatic rings. The summed E-state index contributed by atoms with van der Waals surface area (Å²) in [5.74, 6) is 0.803. The molecule has 2 rings (SSSR count). The molecule has 1 heterocycles. The lowest BCUT2D eigenvalue weighted by atomic mass is 10.1. The molecule has 0 saturated heterocycles. The average molecular weight is 248 g/mol. The first kappa shape index (κ1) is 12.1. The van der Waals surface area contributed by atoms with Crippen molar-refractivity contribution in [2.75, 3.05) is 6.61 Å². The normalized spacial score (nSPS) is 12.4. The van der Waals surface area contributed by atoms with Crippen molar-refractivity contribution in [1.82, 2.24) is 0 Å². The van der Waals surface area contributed by atoms with Crippen LogP contribution in [0.1, 0.15) is 28.3 Å². The van der Waals surface area contributed by atoms with Gasteiger partial charge in [-0.05, 0) is 43.7 Å². The molecule has 0 aliphatic carbocycles. The average Bonchev–Trinajstić information content (AvgIpc) is 2.76. The Kier molecular flexibility index (Phi) is 3.82. The van der Waals surface area contributed by atoms with Gasteiger partial charge in [0.2, 0.25) is 0 Å². The Hall–Kier alpha value is -1.32. The van der Waals surface area contributed by atoms with Crippen LogP contribution in [-0.4, -0.2) is 11.7 Å². The largest absolute Gasteiger partial charge is 0.494 e. The molecular weight excluding hydrogens is 232 g/mol. The van der Waals surface area contributed by atoms with Gasteiger partial charge < -0.3 is 9.84 Å². The minimum Gasteiger partial charge on any atom is -0.494 e. The zero-order valence-electron chi connectivity index (χ0n) is 10.0. The first-order chi connectivity index (χ1) is 8.20. The van der Waals surface area contributed by atoms with Gasteiger partial charge in [0, 0.05) is 9.75 Å². The highest BCUT2D eigenvalue weighted by Crippen LogP contribution is 2.29. The zero-order valence-corrected chi connectivity index (χ0v) is 10.8. The van der Waals surface area contributed by atoms with E-state index in [1.54, 1.807) is 11.3 Å². The highest BCUT2D eigenvalue weighted by Gasteiger charge is 2.12. The van der Waals surface area contributed by atoms with Gasteiger partial charge in [-0.2, -0.15) is 0 Å². The Labute approximate surface area is 105 Å². The number of aryl methyl sites for hydroxylation is 1. The van der Waals surface area contributed by atoms with Gasteiger partial charge in [0.25, 0.3) is 0 Å². The third kappa shape index (κ3) is 2.87. The van der Waals surface area contributed by atoms with E-state index in [0.29, 0.717) is 6.61 Å². The molecule has 1 atom stereocenters. The topological polar surface area (TPSA) is 29.5 Å². The van der Waals surface area contributed by atoms with E-state index in [0.717, 1.165) is 16.2 Å². The quantitative estimate of drug-likeness (QED) is 0.896. The van der Waals surface area contributed by atoms with E-state index in [1.807, 2.05) is 50.2 Å². The van der Waals surface area contributed by atoms with Crippen molar-refractivity contribution in [1.29, 1.82) is 0 Å². The van der Waals surface area contributed by atoms with Gasteiger partial charge in [-0.25, -0.2) is 0 Å². The molecule has 1 N–H and O–H groups in total. The minimum atomic E-state index is -0.561. The van der Waals surface area contributed by atoms with Crippen molar-refractivity contribution in [2.45, 2.75) is 20.0 Å². The first-order valence-electron chi connectivity index (χ1n) is 5.68. The lowest BCUT2D eigenvalue weighted by Crippen LogP contribution is -1.98. The molecule has 90 valence electrons. The van der Waals surface area contributed by atoms with Crippen molar-refractivity contribution in [3.63, 3.8) is 0 Å². The third-order valence-corrected chi connectivity index (χ3v) is 3.57. The number of aliphatic hydroxyl groups is 1. The standard InChI is InChI=1S/C14H16O2S/c1-3-16-12-6-4-5-11(9-12)14(15)13-8-7-10(2)17-13/h4-9,14-15H,3H2,1-2H3. The molecule has 0 aliphatic rings. The second kappa shape index (κ2) is 5.34. The summed E-state index contributed by atoms with van der Waals surface area (Å²) in [6, 6.07) is 11.6. The van der Waals surface area contributed by atoms with Gasteiger partial charge in [0.05, 0.1) is 6.61 Å². The maximum absolute atomic E-state index is 10.3. The Bertz CT molecular complexity index is 490. The monoisotopic (exact) mass is 248 g/mol. The van der Waals surface area contributed by atoms with Crippen LogP contribution in [0.15, 0.2) is 36.4 Å². The maximum Gasteiger partial charge on any atom is 0.119 e. The van der Waals surface area contributed by atoms with Crippen molar-refractivity contribution in [3.05, 3.63) is 51.7 Å². The van der Waals surface area contributed by atoms with Crippen LogP contribution in [0.4, 0.5) is 0 Å². The lowest BCUT2D eigenvalue weighted by molar-refractivity contribution is 0.223. The summed E-state index contributed by atoms with van der Waals surface area (Å²) in [4.78, 5) is 2.18. The van der Waals surface area contributed by atoms with Crippen LogP contribution >= 0.6 is 11.3 Å². The Morgan fingerprint density at radius 1 is 1.29 bits per heavy atom. The highest BCUT2D eigenvalue weighted by atomic mass is 32.1. The molecule has 0 spiro atoms. The molecule has 1 unspecified atom stereocenters. The van der Waals surface area contributed by atoms with Crippen LogP contribution in [0.3, 0.4) is 0 Å². The van der Waals surface area contributed by atoms with Gasteiger partial charge in [-0.1, -0.05) is 12.1 Å². The summed E-state index contributed by atoms with van der Waals surface area (Å²) in [6.07, 6.45) is -0.561. The van der Waals surface area contributed by atoms with Gasteiger partial charge in [0.1, 0.15) is 11.9 Å². The van der Waals surface area contributed by atoms with Crippen molar-refractivity contribution < 1.29 is 9.84 Å². The van der Waals surface area contributed by atoms with E-state index in [-0.39, 0.29) is 0 Å². The van der Waals surface area contributed by atoms with Crippen molar-refractivity contribution in [3.8, 4) is 5.75 Å². The molecule has 0 bridgehead atoms. The summed E-state index contributed by atoms with van der Waals surface area (Å²) < 4.78 is 5.43. The van der Waals surface area contributed by atoms with Crippen LogP contribution in [0, 0.1) is 6.92 Å². The number of thiophene rings is 1. The molecule has 2 nitrogen and oxygen atoms in total. The second-order valence-corrected chi connectivity index (χ2v) is 5.18. The maximum atomic E-state index is 10.3. The molecule has 0 amide bonds. The van der Waals surface area contributed by atoms with E-state index in [4.69, 9.17) is 4.74 Å². The molecular formula is C14H16O2S. The predicted octanol–water partition coefficient (Wildman–Crippen LogP) is 3.54. The summed E-state index contributed by atoms with van der Waals surface area (Å²) in [5.41, 5.74) is 0.873. The predicted molar refractivity (Wildman–Crippen MR) is 70.7 cm³/mol. The number of hydrogen-bond donors (Lipinski definition) is 1. The third-order valence-electron chi connectivity index (χ3n) is 2.52. The van der Waals surface area contributed by atoms with Crippen molar-refractivity contribution >= 4 is 11.3 Å². The molecule has 0 aliphatic heterocycles. The minimum absolute atomic E-state index is 0.561. The van der Waals surface area contributed by atoms with E-state index in [2.05, 4.69) is 0 Å². The first-order valence-corrected chi connectivity index (χ1v) is 6.49. The second-order valence-electron chi connectivity index (χ2n) is 3.86. The van der Waals surface area contributed by atoms with Gasteiger partial charge in [-0.3, -0.25) is 0 Å². The van der Waals surface area contributed by atoms with Crippen LogP contribution in [0.5, 0.6) is 5.75 Å². The molecule has 0 fully saturated rings. The summed E-state index contributed by atoms with van der Waals surface area (Å²) in [7, 11) is 0. The molecule has 1 aromatic heterocycles. The van der Waals surface area contributed by atoms with Gasteiger partial charge >= 0.3 is 0 Å². The van der Waals surface area contributed by atoms with E-state index < -0.39 is 6.10 Å². The lowest BCUT2D eigenvalue weighted by Gasteiger charge is -2.11. The van der Waals surface area contributed by atoms with E-state index in [1.165, 1.54) is 4.88 Å². The fourth-order valence-corrected chi connectivity index (χ4v) is 2.60. The van der Waals surface area contributed by atoms with Crippen LogP contribution in [-0.2, 0) is 0 Å². The van der Waals surface area contributed by atoms with E-state index >= 15 is 0 Å². The number of benzene rings is 1. The SMILES string of the molecule is CCOc1cccc(C(O)c2ccc(C)s2)c1. The molecule has 1 aromatic carbocycles. The molecule has 0 saturated carbocycles. The Morgan fingerprint density at radius 3 is 2.76 bits per heavy atom. The number of ether oxygens (including phenoxy) is 1. The zero-order chi connectivity index (χ0) is 12.3. The smallest absolute Gasteiger partial charge is 0.119 e. The Balaban J connectivity index is 2.24. The van der Waals surface area contributed by atoms with Gasteiger partial charge in [0.15, 0.2) is 0 Å². The molecule has 17 heavy (non-hydrogen) atoms. The molecule has 3 heteroatoms. The summed E-state index contributed by atoms with van der Waals surface area (Å²) in [5, 5.41) is 10.3. The van der Waals surface area contributed by atoms with Crippen LogP contribution < -0.4 is 4.74 Å². The Morgan fingerprint density at radius 2 is 2.12 bits per heavy atom. The number of aliphatic hydroxyl groups excluding tert-OH is 1.